The monoisotopic (exact) mass is 471 g/mol. The second-order valence-corrected chi connectivity index (χ2v) is 4.67. The summed E-state index contributed by atoms with van der Waals surface area (Å²) in [5.41, 5.74) is 1.49. The third-order valence-corrected chi connectivity index (χ3v) is 3.17. The number of nitrogens with zero attached hydrogens (tertiary/aromatic N) is 5. The molecule has 3 rings (SSSR count). The first-order valence-electron chi connectivity index (χ1n) is 6.79. The van der Waals surface area contributed by atoms with E-state index in [1.807, 2.05) is 0 Å². The van der Waals surface area contributed by atoms with E-state index in [-0.39, 0.29) is 27.6 Å². The number of hydrogen-bond donors (Lipinski definition) is 1. The minimum Gasteiger partial charge on any atom is -0.662 e. The molecule has 1 fully saturated rings. The first-order valence-corrected chi connectivity index (χ1v) is 6.79. The summed E-state index contributed by atoms with van der Waals surface area (Å²) in [4.78, 5) is 10.9. The number of aliphatic carboxylic acids is 1. The predicted octanol–water partition coefficient (Wildman–Crippen LogP) is 1.49. The van der Waals surface area contributed by atoms with Crippen LogP contribution in [0.4, 0.5) is 0 Å². The van der Waals surface area contributed by atoms with Crippen molar-refractivity contribution in [2.45, 2.75) is 25.3 Å². The molecular weight excluding hydrogens is 454 g/mol. The topological polar surface area (TPSA) is 95.0 Å². The molecular formula is C14H17N5O2W. The van der Waals surface area contributed by atoms with Crippen molar-refractivity contribution in [2.24, 2.45) is 0 Å². The normalized spacial score (nSPS) is 14.4. The van der Waals surface area contributed by atoms with Crippen LogP contribution in [0.25, 0.3) is 5.32 Å². The SMILES string of the molecule is O=C(O)Cn1n[c-]nn1.[W+2].c1ccc(C2CC[N-]CC2)cc1. The van der Waals surface area contributed by atoms with Crippen molar-refractivity contribution in [3.8, 4) is 0 Å². The Morgan fingerprint density at radius 1 is 1.32 bits per heavy atom. The van der Waals surface area contributed by atoms with Crippen LogP contribution in [0.2, 0.25) is 0 Å². The van der Waals surface area contributed by atoms with Crippen molar-refractivity contribution in [1.29, 1.82) is 0 Å². The molecule has 1 aliphatic heterocycles. The van der Waals surface area contributed by atoms with Gasteiger partial charge in [0.25, 0.3) is 0 Å². The molecule has 0 aliphatic carbocycles. The Hall–Kier alpha value is -1.59. The van der Waals surface area contributed by atoms with Gasteiger partial charge in [0.2, 0.25) is 0 Å². The molecule has 1 aliphatic rings. The summed E-state index contributed by atoms with van der Waals surface area (Å²) in [5, 5.41) is 22.3. The van der Waals surface area contributed by atoms with E-state index in [2.05, 4.69) is 57.4 Å². The van der Waals surface area contributed by atoms with Crippen LogP contribution in [0.3, 0.4) is 0 Å². The van der Waals surface area contributed by atoms with Gasteiger partial charge in [-0.2, -0.15) is 4.80 Å². The number of aromatic nitrogens is 4. The molecule has 0 saturated carbocycles. The van der Waals surface area contributed by atoms with Gasteiger partial charge in [0.1, 0.15) is 0 Å². The Kier molecular flexibility index (Phi) is 8.55. The predicted molar refractivity (Wildman–Crippen MR) is 75.8 cm³/mol. The molecule has 7 nitrogen and oxygen atoms in total. The Morgan fingerprint density at radius 2 is 2.00 bits per heavy atom. The van der Waals surface area contributed by atoms with E-state index >= 15 is 0 Å². The molecule has 1 aromatic heterocycles. The zero-order valence-corrected chi connectivity index (χ0v) is 14.9. The van der Waals surface area contributed by atoms with E-state index < -0.39 is 5.97 Å². The fraction of sp³-hybridized carbons (Fsp3) is 0.429. The zero-order valence-electron chi connectivity index (χ0n) is 12.0. The van der Waals surface area contributed by atoms with Gasteiger partial charge in [-0.05, 0) is 11.5 Å². The molecule has 0 spiro atoms. The summed E-state index contributed by atoms with van der Waals surface area (Å²) in [5.74, 6) is -0.231. The third kappa shape index (κ3) is 6.45. The first kappa shape index (κ1) is 18.5. The molecule has 1 aromatic carbocycles. The van der Waals surface area contributed by atoms with Crippen LogP contribution in [-0.4, -0.2) is 44.4 Å². The summed E-state index contributed by atoms with van der Waals surface area (Å²) in [6.45, 7) is 1.84. The number of rotatable bonds is 3. The molecule has 1 N–H and O–H groups in total. The van der Waals surface area contributed by atoms with Crippen molar-refractivity contribution in [1.82, 2.24) is 20.2 Å². The molecule has 0 radical (unpaired) electrons. The van der Waals surface area contributed by atoms with Gasteiger partial charge in [-0.15, -0.1) is 13.1 Å². The summed E-state index contributed by atoms with van der Waals surface area (Å²) < 4.78 is 0. The molecule has 0 atom stereocenters. The molecule has 8 heteroatoms. The van der Waals surface area contributed by atoms with Gasteiger partial charge >= 0.3 is 27.0 Å². The molecule has 1 saturated heterocycles. The number of carboxylic acids is 1. The third-order valence-electron chi connectivity index (χ3n) is 3.17. The fourth-order valence-corrected chi connectivity index (χ4v) is 2.16. The summed E-state index contributed by atoms with van der Waals surface area (Å²) in [6.07, 6.45) is 4.60. The Morgan fingerprint density at radius 3 is 2.55 bits per heavy atom. The minimum atomic E-state index is -0.999. The van der Waals surface area contributed by atoms with Crippen LogP contribution in [0.1, 0.15) is 24.3 Å². The fourth-order valence-electron chi connectivity index (χ4n) is 2.16. The number of tetrazole rings is 1. The maximum Gasteiger partial charge on any atom is 2.00 e. The van der Waals surface area contributed by atoms with Crippen LogP contribution in [0.15, 0.2) is 30.3 Å². The number of carbonyl (C=O) groups is 1. The van der Waals surface area contributed by atoms with E-state index in [0.29, 0.717) is 0 Å². The minimum absolute atomic E-state index is 0. The van der Waals surface area contributed by atoms with Crippen molar-refractivity contribution < 1.29 is 31.0 Å². The summed E-state index contributed by atoms with van der Waals surface area (Å²) in [7, 11) is 0. The molecule has 0 amide bonds. The zero-order chi connectivity index (χ0) is 14.9. The van der Waals surface area contributed by atoms with Gasteiger partial charge in [0.15, 0.2) is 6.54 Å². The quantitative estimate of drug-likeness (QED) is 0.685. The largest absolute Gasteiger partial charge is 2.00 e. The molecule has 22 heavy (non-hydrogen) atoms. The number of piperidine rings is 1. The second kappa shape index (κ2) is 10.2. The average Bonchev–Trinajstić information content (AvgIpc) is 3.02. The van der Waals surface area contributed by atoms with Gasteiger partial charge in [0, 0.05) is 0 Å². The van der Waals surface area contributed by atoms with Gasteiger partial charge in [-0.1, -0.05) is 48.4 Å². The van der Waals surface area contributed by atoms with Gasteiger partial charge in [0.05, 0.1) is 0 Å². The molecule has 2 heterocycles. The van der Waals surface area contributed by atoms with Crippen LogP contribution in [-0.2, 0) is 32.4 Å². The van der Waals surface area contributed by atoms with E-state index in [0.717, 1.165) is 23.8 Å². The van der Waals surface area contributed by atoms with Crippen LogP contribution in [0.5, 0.6) is 0 Å². The summed E-state index contributed by atoms with van der Waals surface area (Å²) >= 11 is 0. The van der Waals surface area contributed by atoms with Gasteiger partial charge in [-0.3, -0.25) is 4.79 Å². The standard InChI is InChI=1S/C11H14N.C3H3N4O2.W/c1-2-4-10(5-3-1)11-6-8-12-9-7-11;8-3(9)1-7-5-2-4-6-7;/h1-5,11H,6-9H2;1H2,(H,8,9);/q2*-1;+2. The van der Waals surface area contributed by atoms with Gasteiger partial charge in [-0.25, -0.2) is 6.33 Å². The molecule has 0 bridgehead atoms. The van der Waals surface area contributed by atoms with E-state index in [4.69, 9.17) is 5.11 Å². The molecule has 0 unspecified atom stereocenters. The van der Waals surface area contributed by atoms with Crippen molar-refractivity contribution in [3.05, 3.63) is 47.5 Å². The number of benzene rings is 1. The maximum atomic E-state index is 9.92. The van der Waals surface area contributed by atoms with Crippen LogP contribution in [0, 0.1) is 6.33 Å². The average molecular weight is 471 g/mol. The number of hydrogen-bond acceptors (Lipinski definition) is 4. The summed E-state index contributed by atoms with van der Waals surface area (Å²) in [6, 6.07) is 10.8. The molecule has 116 valence electrons. The number of carboxylic acid groups (broad SMARTS) is 1. The van der Waals surface area contributed by atoms with E-state index in [9.17, 15) is 4.79 Å². The van der Waals surface area contributed by atoms with Gasteiger partial charge < -0.3 is 20.6 Å². The van der Waals surface area contributed by atoms with E-state index in [1.54, 1.807) is 0 Å². The Labute approximate surface area is 143 Å². The first-order chi connectivity index (χ1) is 10.3. The van der Waals surface area contributed by atoms with Crippen molar-refractivity contribution in [3.63, 3.8) is 0 Å². The second-order valence-electron chi connectivity index (χ2n) is 4.67. The molecule has 2 aromatic rings. The van der Waals surface area contributed by atoms with E-state index in [1.165, 1.54) is 18.4 Å². The maximum absolute atomic E-state index is 9.92. The van der Waals surface area contributed by atoms with Crippen molar-refractivity contribution >= 4 is 5.97 Å². The Balaban J connectivity index is 0.000000219. The van der Waals surface area contributed by atoms with Crippen molar-refractivity contribution in [2.75, 3.05) is 13.1 Å². The van der Waals surface area contributed by atoms with Crippen LogP contribution >= 0.6 is 0 Å². The smallest absolute Gasteiger partial charge is 0.662 e. The van der Waals surface area contributed by atoms with Crippen LogP contribution < -0.4 is 0 Å². The Bertz CT molecular complexity index is 529.